The molecular weight excluding hydrogens is 212 g/mol. The number of hydrogen-bond acceptors (Lipinski definition) is 1. The Labute approximate surface area is 71.3 Å². The minimum Gasteiger partial charge on any atom is -0.212 e. The highest BCUT2D eigenvalue weighted by Gasteiger charge is 1.85. The summed E-state index contributed by atoms with van der Waals surface area (Å²) in [6.45, 7) is 0. The normalized spacial score (nSPS) is 8.90. The van der Waals surface area contributed by atoms with Crippen LogP contribution in [0, 0.1) is 0 Å². The Balaban J connectivity index is 3.00. The van der Waals surface area contributed by atoms with E-state index in [1.807, 2.05) is 24.3 Å². The van der Waals surface area contributed by atoms with Gasteiger partial charge in [-0.05, 0) is 17.7 Å². The summed E-state index contributed by atoms with van der Waals surface area (Å²) in [6, 6.07) is 7.58. The Kier molecular flexibility index (Phi) is 2.83. The molecular formula is C7H5BrOS. The predicted molar refractivity (Wildman–Crippen MR) is 47.5 cm³/mol. The number of rotatable bonds is 1. The molecule has 1 rings (SSSR count). The lowest BCUT2D eigenvalue weighted by molar-refractivity contribution is 0.701. The highest BCUT2D eigenvalue weighted by Crippen LogP contribution is 2.08. The van der Waals surface area contributed by atoms with E-state index < -0.39 is 0 Å². The molecule has 0 aliphatic carbocycles. The van der Waals surface area contributed by atoms with Crippen LogP contribution in [0.5, 0.6) is 0 Å². The molecule has 0 aromatic heterocycles. The first-order chi connectivity index (χ1) is 4.83. The second kappa shape index (κ2) is 3.68. The van der Waals surface area contributed by atoms with E-state index >= 15 is 0 Å². The maximum atomic E-state index is 10.0. The van der Waals surface area contributed by atoms with Crippen molar-refractivity contribution in [2.24, 2.45) is 0 Å². The lowest BCUT2D eigenvalue weighted by Gasteiger charge is -1.89. The Bertz CT molecular complexity index is 261. The van der Waals surface area contributed by atoms with E-state index in [4.69, 9.17) is 0 Å². The first-order valence-electron chi connectivity index (χ1n) is 2.70. The van der Waals surface area contributed by atoms with Crippen LogP contribution in [0.2, 0.25) is 0 Å². The highest BCUT2D eigenvalue weighted by atomic mass is 79.9. The zero-order valence-corrected chi connectivity index (χ0v) is 7.48. The quantitative estimate of drug-likeness (QED) is 0.655. The van der Waals surface area contributed by atoms with Crippen molar-refractivity contribution < 1.29 is 4.21 Å². The molecule has 0 spiro atoms. The van der Waals surface area contributed by atoms with Crippen LogP contribution in [0.4, 0.5) is 0 Å². The molecule has 3 heteroatoms. The van der Waals surface area contributed by atoms with Gasteiger partial charge in [-0.25, -0.2) is 4.21 Å². The molecule has 1 aromatic carbocycles. The van der Waals surface area contributed by atoms with Crippen molar-refractivity contribution >= 4 is 32.6 Å². The summed E-state index contributed by atoms with van der Waals surface area (Å²) in [6.07, 6.45) is 0. The van der Waals surface area contributed by atoms with Crippen LogP contribution in [-0.4, -0.2) is 9.58 Å². The lowest BCUT2D eigenvalue weighted by atomic mass is 10.2. The summed E-state index contributed by atoms with van der Waals surface area (Å²) in [5.74, 6) is 0. The van der Waals surface area contributed by atoms with Gasteiger partial charge in [0.1, 0.15) is 0 Å². The standard InChI is InChI=1S/C7H5BrOS/c8-7-3-1-6(2-4-7)5-10-9/h1-5H. The fourth-order valence-corrected chi connectivity index (χ4v) is 1.13. The molecule has 0 unspecified atom stereocenters. The van der Waals surface area contributed by atoms with Gasteiger partial charge in [0, 0.05) is 9.84 Å². The zero-order valence-electron chi connectivity index (χ0n) is 5.08. The van der Waals surface area contributed by atoms with Gasteiger partial charge in [0.05, 0.1) is 11.3 Å². The maximum Gasteiger partial charge on any atom is 0.0891 e. The molecule has 0 atom stereocenters. The average molecular weight is 217 g/mol. The Morgan fingerprint density at radius 1 is 1.30 bits per heavy atom. The minimum absolute atomic E-state index is 0.470. The summed E-state index contributed by atoms with van der Waals surface area (Å²) < 4.78 is 11.1. The van der Waals surface area contributed by atoms with Gasteiger partial charge in [0.25, 0.3) is 0 Å². The van der Waals surface area contributed by atoms with Crippen LogP contribution >= 0.6 is 15.9 Å². The van der Waals surface area contributed by atoms with E-state index in [0.29, 0.717) is 11.3 Å². The van der Waals surface area contributed by atoms with Gasteiger partial charge in [0.2, 0.25) is 0 Å². The molecule has 0 amide bonds. The van der Waals surface area contributed by atoms with Crippen LogP contribution in [0.25, 0.3) is 0 Å². The molecule has 0 saturated carbocycles. The Morgan fingerprint density at radius 2 is 1.90 bits per heavy atom. The molecule has 10 heavy (non-hydrogen) atoms. The monoisotopic (exact) mass is 216 g/mol. The molecule has 52 valence electrons. The van der Waals surface area contributed by atoms with Gasteiger partial charge in [0.15, 0.2) is 0 Å². The fraction of sp³-hybridized carbons (Fsp3) is 0. The molecule has 0 fully saturated rings. The summed E-state index contributed by atoms with van der Waals surface area (Å²) >= 11 is 3.77. The zero-order chi connectivity index (χ0) is 7.40. The number of hydrogen-bond donors (Lipinski definition) is 0. The van der Waals surface area contributed by atoms with Crippen LogP contribution in [0.3, 0.4) is 0 Å². The van der Waals surface area contributed by atoms with Crippen molar-refractivity contribution in [3.8, 4) is 0 Å². The van der Waals surface area contributed by atoms with E-state index in [9.17, 15) is 4.21 Å². The van der Waals surface area contributed by atoms with E-state index in [1.54, 1.807) is 5.37 Å². The molecule has 1 nitrogen and oxygen atoms in total. The van der Waals surface area contributed by atoms with Gasteiger partial charge in [-0.15, -0.1) is 0 Å². The first kappa shape index (κ1) is 7.69. The second-order valence-corrected chi connectivity index (χ2v) is 3.11. The van der Waals surface area contributed by atoms with Crippen molar-refractivity contribution in [3.63, 3.8) is 0 Å². The van der Waals surface area contributed by atoms with Gasteiger partial charge in [-0.2, -0.15) is 0 Å². The van der Waals surface area contributed by atoms with Crippen molar-refractivity contribution in [1.29, 1.82) is 0 Å². The Morgan fingerprint density at radius 3 is 2.40 bits per heavy atom. The summed E-state index contributed by atoms with van der Waals surface area (Å²) in [4.78, 5) is 0. The lowest BCUT2D eigenvalue weighted by Crippen LogP contribution is -1.76. The summed E-state index contributed by atoms with van der Waals surface area (Å²) in [5.41, 5.74) is 0.947. The molecule has 0 bridgehead atoms. The van der Waals surface area contributed by atoms with Crippen LogP contribution in [0.15, 0.2) is 28.7 Å². The van der Waals surface area contributed by atoms with Gasteiger partial charge in [-0.3, -0.25) is 0 Å². The Hall–Kier alpha value is -0.410. The topological polar surface area (TPSA) is 17.1 Å². The van der Waals surface area contributed by atoms with E-state index in [1.165, 1.54) is 0 Å². The largest absolute Gasteiger partial charge is 0.212 e. The van der Waals surface area contributed by atoms with Crippen molar-refractivity contribution in [2.75, 3.05) is 0 Å². The molecule has 0 saturated heterocycles. The van der Waals surface area contributed by atoms with Gasteiger partial charge in [-0.1, -0.05) is 28.1 Å². The highest BCUT2D eigenvalue weighted by molar-refractivity contribution is 9.10. The average Bonchev–Trinajstić information content (AvgIpc) is 1.95. The third kappa shape index (κ3) is 2.08. The van der Waals surface area contributed by atoms with E-state index in [0.717, 1.165) is 10.0 Å². The first-order valence-corrected chi connectivity index (χ1v) is 4.30. The fourth-order valence-electron chi connectivity index (χ4n) is 0.597. The molecule has 0 heterocycles. The molecule has 0 radical (unpaired) electrons. The molecule has 0 N–H and O–H groups in total. The molecule has 0 aliphatic heterocycles. The van der Waals surface area contributed by atoms with E-state index in [-0.39, 0.29) is 0 Å². The SMILES string of the molecule is O=S=Cc1ccc(Br)cc1. The van der Waals surface area contributed by atoms with Crippen LogP contribution in [0.1, 0.15) is 5.56 Å². The summed E-state index contributed by atoms with van der Waals surface area (Å²) in [5, 5.41) is 1.56. The summed E-state index contributed by atoms with van der Waals surface area (Å²) in [7, 11) is 0. The smallest absolute Gasteiger partial charge is 0.0891 e. The molecule has 1 aromatic rings. The van der Waals surface area contributed by atoms with Crippen molar-refractivity contribution in [1.82, 2.24) is 0 Å². The van der Waals surface area contributed by atoms with Crippen molar-refractivity contribution in [3.05, 3.63) is 34.3 Å². The third-order valence-electron chi connectivity index (χ3n) is 1.05. The number of benzene rings is 1. The second-order valence-electron chi connectivity index (χ2n) is 1.77. The predicted octanol–water partition coefficient (Wildman–Crippen LogP) is 1.81. The van der Waals surface area contributed by atoms with Gasteiger partial charge < -0.3 is 0 Å². The minimum atomic E-state index is 0.470. The van der Waals surface area contributed by atoms with Crippen LogP contribution < -0.4 is 0 Å². The maximum absolute atomic E-state index is 10.0. The van der Waals surface area contributed by atoms with Gasteiger partial charge >= 0.3 is 0 Å². The van der Waals surface area contributed by atoms with Crippen molar-refractivity contribution in [2.45, 2.75) is 0 Å². The van der Waals surface area contributed by atoms with E-state index in [2.05, 4.69) is 15.9 Å². The molecule has 0 aliphatic rings. The van der Waals surface area contributed by atoms with Crippen LogP contribution in [-0.2, 0) is 11.3 Å². The third-order valence-corrected chi connectivity index (χ3v) is 1.95. The number of halogens is 1.